The van der Waals surface area contributed by atoms with Gasteiger partial charge in [0, 0.05) is 18.1 Å². The average molecular weight is 283 g/mol. The van der Waals surface area contributed by atoms with Crippen molar-refractivity contribution in [1.82, 2.24) is 15.6 Å². The molecular weight excluding hydrogens is 262 g/mol. The Morgan fingerprint density at radius 3 is 3.10 bits per heavy atom. The van der Waals surface area contributed by atoms with Gasteiger partial charge in [-0.15, -0.1) is 0 Å². The zero-order chi connectivity index (χ0) is 14.7. The van der Waals surface area contributed by atoms with Gasteiger partial charge in [-0.25, -0.2) is 0 Å². The molecule has 4 nitrogen and oxygen atoms in total. The topological polar surface area (TPSA) is 54.0 Å². The van der Waals surface area contributed by atoms with Crippen LogP contribution >= 0.6 is 0 Å². The largest absolute Gasteiger partial charge is 0.351 e. The number of hydrogen-bond donors (Lipinski definition) is 2. The molecule has 0 aliphatic carbocycles. The van der Waals surface area contributed by atoms with Crippen molar-refractivity contribution >= 4 is 16.8 Å². The van der Waals surface area contributed by atoms with Crippen molar-refractivity contribution in [2.45, 2.75) is 32.4 Å². The fourth-order valence-electron chi connectivity index (χ4n) is 2.92. The van der Waals surface area contributed by atoms with E-state index in [0.717, 1.165) is 35.9 Å². The maximum absolute atomic E-state index is 12.3. The fraction of sp³-hybridized carbons (Fsp3) is 0.412. The van der Waals surface area contributed by atoms with Crippen LogP contribution in [0.15, 0.2) is 36.5 Å². The lowest BCUT2D eigenvalue weighted by Gasteiger charge is -2.27. The third-order valence-electron chi connectivity index (χ3n) is 4.15. The first-order chi connectivity index (χ1) is 10.2. The summed E-state index contributed by atoms with van der Waals surface area (Å²) in [6.07, 6.45) is 3.86. The summed E-state index contributed by atoms with van der Waals surface area (Å²) >= 11 is 0. The van der Waals surface area contributed by atoms with Gasteiger partial charge in [-0.1, -0.05) is 31.2 Å². The van der Waals surface area contributed by atoms with Crippen molar-refractivity contribution in [2.24, 2.45) is 5.92 Å². The van der Waals surface area contributed by atoms with Gasteiger partial charge in [-0.3, -0.25) is 9.78 Å². The molecule has 0 saturated carbocycles. The Balaban J connectivity index is 1.67. The van der Waals surface area contributed by atoms with E-state index >= 15 is 0 Å². The van der Waals surface area contributed by atoms with Crippen LogP contribution in [0.5, 0.6) is 0 Å². The summed E-state index contributed by atoms with van der Waals surface area (Å²) in [6, 6.07) is 9.98. The van der Waals surface area contributed by atoms with Gasteiger partial charge in [-0.05, 0) is 36.9 Å². The molecule has 2 heterocycles. The molecule has 2 unspecified atom stereocenters. The Hall–Kier alpha value is -1.94. The Bertz CT molecular complexity index is 635. The second-order valence-corrected chi connectivity index (χ2v) is 5.85. The van der Waals surface area contributed by atoms with Crippen LogP contribution in [-0.4, -0.2) is 23.5 Å². The van der Waals surface area contributed by atoms with E-state index in [4.69, 9.17) is 0 Å². The van der Waals surface area contributed by atoms with E-state index in [2.05, 4.69) is 22.5 Å². The molecule has 1 aliphatic rings. The molecule has 110 valence electrons. The highest BCUT2D eigenvalue weighted by Gasteiger charge is 2.24. The highest BCUT2D eigenvalue weighted by Crippen LogP contribution is 2.17. The molecule has 0 spiro atoms. The van der Waals surface area contributed by atoms with Gasteiger partial charge in [-0.2, -0.15) is 0 Å². The van der Waals surface area contributed by atoms with E-state index in [1.54, 1.807) is 6.20 Å². The maximum atomic E-state index is 12.3. The molecule has 2 atom stereocenters. The van der Waals surface area contributed by atoms with Crippen molar-refractivity contribution in [3.63, 3.8) is 0 Å². The lowest BCUT2D eigenvalue weighted by molar-refractivity contribution is -0.124. The van der Waals surface area contributed by atoms with Gasteiger partial charge < -0.3 is 10.6 Å². The van der Waals surface area contributed by atoms with Gasteiger partial charge in [0.25, 0.3) is 0 Å². The van der Waals surface area contributed by atoms with Crippen molar-refractivity contribution in [3.8, 4) is 0 Å². The Labute approximate surface area is 125 Å². The first-order valence-electron chi connectivity index (χ1n) is 7.58. The van der Waals surface area contributed by atoms with E-state index in [1.807, 2.05) is 30.3 Å². The summed E-state index contributed by atoms with van der Waals surface area (Å²) in [4.78, 5) is 16.7. The van der Waals surface area contributed by atoms with Crippen molar-refractivity contribution in [1.29, 1.82) is 0 Å². The molecule has 1 amide bonds. The summed E-state index contributed by atoms with van der Waals surface area (Å²) in [6.45, 7) is 3.66. The quantitative estimate of drug-likeness (QED) is 0.908. The standard InChI is InChI=1S/C17H21N3O/c1-12-7-9-18-15(10-12)17(21)20-11-14-5-2-4-13-6-3-8-19-16(13)14/h2-6,8,12,15,18H,7,9-11H2,1H3,(H,20,21). The van der Waals surface area contributed by atoms with Crippen LogP contribution in [0, 0.1) is 5.92 Å². The number of para-hydroxylation sites is 1. The van der Waals surface area contributed by atoms with Crippen LogP contribution in [0.25, 0.3) is 10.9 Å². The van der Waals surface area contributed by atoms with Crippen LogP contribution in [0.2, 0.25) is 0 Å². The van der Waals surface area contributed by atoms with Gasteiger partial charge in [0.2, 0.25) is 5.91 Å². The number of aromatic nitrogens is 1. The summed E-state index contributed by atoms with van der Waals surface area (Å²) in [5.41, 5.74) is 2.02. The third-order valence-corrected chi connectivity index (χ3v) is 4.15. The molecule has 1 fully saturated rings. The van der Waals surface area contributed by atoms with E-state index in [0.29, 0.717) is 12.5 Å². The first kappa shape index (κ1) is 14.0. The minimum atomic E-state index is -0.0586. The Kier molecular flexibility index (Phi) is 4.15. The number of nitrogens with zero attached hydrogens (tertiary/aromatic N) is 1. The molecule has 0 radical (unpaired) electrons. The SMILES string of the molecule is CC1CCNC(C(=O)NCc2cccc3cccnc23)C1. The number of carbonyl (C=O) groups is 1. The monoisotopic (exact) mass is 283 g/mol. The average Bonchev–Trinajstić information content (AvgIpc) is 2.52. The van der Waals surface area contributed by atoms with Gasteiger partial charge in [0.15, 0.2) is 0 Å². The minimum Gasteiger partial charge on any atom is -0.351 e. The second-order valence-electron chi connectivity index (χ2n) is 5.85. The molecular formula is C17H21N3O. The third kappa shape index (κ3) is 3.22. The molecule has 2 N–H and O–H groups in total. The Morgan fingerprint density at radius 2 is 2.24 bits per heavy atom. The molecule has 2 aromatic rings. The van der Waals surface area contributed by atoms with E-state index in [1.165, 1.54) is 0 Å². The van der Waals surface area contributed by atoms with Crippen LogP contribution in [0.3, 0.4) is 0 Å². The lowest BCUT2D eigenvalue weighted by Crippen LogP contribution is -2.48. The summed E-state index contributed by atoms with van der Waals surface area (Å²) in [5, 5.41) is 7.44. The number of rotatable bonds is 3. The van der Waals surface area contributed by atoms with E-state index in [9.17, 15) is 4.79 Å². The predicted molar refractivity (Wildman–Crippen MR) is 83.8 cm³/mol. The van der Waals surface area contributed by atoms with Crippen molar-refractivity contribution in [3.05, 3.63) is 42.1 Å². The van der Waals surface area contributed by atoms with Gasteiger partial charge in [0.1, 0.15) is 0 Å². The van der Waals surface area contributed by atoms with Crippen LogP contribution in [-0.2, 0) is 11.3 Å². The molecule has 21 heavy (non-hydrogen) atoms. The van der Waals surface area contributed by atoms with Crippen molar-refractivity contribution < 1.29 is 4.79 Å². The molecule has 4 heteroatoms. The van der Waals surface area contributed by atoms with Crippen LogP contribution < -0.4 is 10.6 Å². The Morgan fingerprint density at radius 1 is 1.38 bits per heavy atom. The smallest absolute Gasteiger partial charge is 0.237 e. The zero-order valence-electron chi connectivity index (χ0n) is 12.3. The minimum absolute atomic E-state index is 0.0586. The van der Waals surface area contributed by atoms with Gasteiger partial charge >= 0.3 is 0 Å². The number of piperidine rings is 1. The number of nitrogens with one attached hydrogen (secondary N) is 2. The number of carbonyl (C=O) groups excluding carboxylic acids is 1. The molecule has 1 aromatic carbocycles. The van der Waals surface area contributed by atoms with Gasteiger partial charge in [0.05, 0.1) is 11.6 Å². The molecule has 1 saturated heterocycles. The van der Waals surface area contributed by atoms with Crippen molar-refractivity contribution in [2.75, 3.05) is 6.54 Å². The molecule has 0 bridgehead atoms. The van der Waals surface area contributed by atoms with E-state index in [-0.39, 0.29) is 11.9 Å². The summed E-state index contributed by atoms with van der Waals surface area (Å²) in [5.74, 6) is 0.704. The highest BCUT2D eigenvalue weighted by atomic mass is 16.2. The molecule has 1 aliphatic heterocycles. The number of benzene rings is 1. The lowest BCUT2D eigenvalue weighted by atomic mass is 9.94. The predicted octanol–water partition coefficient (Wildman–Crippen LogP) is 2.24. The first-order valence-corrected chi connectivity index (χ1v) is 7.58. The number of amides is 1. The fourth-order valence-corrected chi connectivity index (χ4v) is 2.92. The molecule has 1 aromatic heterocycles. The molecule has 3 rings (SSSR count). The van der Waals surface area contributed by atoms with Crippen LogP contribution in [0.4, 0.5) is 0 Å². The number of pyridine rings is 1. The second kappa shape index (κ2) is 6.22. The van der Waals surface area contributed by atoms with E-state index < -0.39 is 0 Å². The number of hydrogen-bond acceptors (Lipinski definition) is 3. The number of fused-ring (bicyclic) bond motifs is 1. The highest BCUT2D eigenvalue weighted by molar-refractivity contribution is 5.84. The normalized spacial score (nSPS) is 22.1. The van der Waals surface area contributed by atoms with Crippen LogP contribution in [0.1, 0.15) is 25.3 Å². The maximum Gasteiger partial charge on any atom is 0.237 e. The summed E-state index contributed by atoms with van der Waals surface area (Å²) in [7, 11) is 0. The zero-order valence-corrected chi connectivity index (χ0v) is 12.3. The summed E-state index contributed by atoms with van der Waals surface area (Å²) < 4.78 is 0.